The normalized spacial score (nSPS) is 18.1. The number of nitriles is 1. The van der Waals surface area contributed by atoms with E-state index in [0.29, 0.717) is 18.2 Å². The van der Waals surface area contributed by atoms with Gasteiger partial charge >= 0.3 is 0 Å². The Morgan fingerprint density at radius 3 is 2.65 bits per heavy atom. The second-order valence-electron chi connectivity index (χ2n) is 6.13. The number of rotatable bonds is 4. The first-order valence-electron chi connectivity index (χ1n) is 8.25. The zero-order chi connectivity index (χ0) is 16.2. The highest BCUT2D eigenvalue weighted by molar-refractivity contribution is 5.56. The van der Waals surface area contributed by atoms with Crippen LogP contribution in [0.2, 0.25) is 0 Å². The van der Waals surface area contributed by atoms with Crippen LogP contribution in [-0.2, 0) is 6.42 Å². The van der Waals surface area contributed by atoms with Crippen LogP contribution in [0.25, 0.3) is 0 Å². The predicted molar refractivity (Wildman–Crippen MR) is 92.3 cm³/mol. The lowest BCUT2D eigenvalue weighted by molar-refractivity contribution is 0.178. The summed E-state index contributed by atoms with van der Waals surface area (Å²) in [6.45, 7) is 2.79. The lowest BCUT2D eigenvalue weighted by atomic mass is 9.93. The molecule has 2 atom stereocenters. The minimum Gasteiger partial charge on any atom is -0.387 e. The molecule has 3 heteroatoms. The quantitative estimate of drug-likeness (QED) is 0.934. The third kappa shape index (κ3) is 3.23. The van der Waals surface area contributed by atoms with Gasteiger partial charge in [-0.2, -0.15) is 5.26 Å². The van der Waals surface area contributed by atoms with Crippen LogP contribution in [0.3, 0.4) is 0 Å². The molecule has 1 heterocycles. The van der Waals surface area contributed by atoms with Crippen molar-refractivity contribution in [2.24, 2.45) is 0 Å². The number of hydrogen-bond donors (Lipinski definition) is 1. The molecular weight excluding hydrogens is 284 g/mol. The topological polar surface area (TPSA) is 47.3 Å². The first kappa shape index (κ1) is 15.6. The van der Waals surface area contributed by atoms with Crippen molar-refractivity contribution >= 4 is 5.69 Å². The van der Waals surface area contributed by atoms with Crippen molar-refractivity contribution < 1.29 is 5.11 Å². The van der Waals surface area contributed by atoms with Gasteiger partial charge < -0.3 is 10.0 Å². The molecule has 1 aliphatic heterocycles. The van der Waals surface area contributed by atoms with Gasteiger partial charge in [-0.05, 0) is 48.6 Å². The smallest absolute Gasteiger partial charge is 0.0991 e. The third-order valence-electron chi connectivity index (χ3n) is 4.75. The van der Waals surface area contributed by atoms with Gasteiger partial charge in [-0.25, -0.2) is 0 Å². The highest BCUT2D eigenvalue weighted by Crippen LogP contribution is 2.33. The molecule has 0 saturated heterocycles. The molecule has 2 aromatic rings. The monoisotopic (exact) mass is 306 g/mol. The Balaban J connectivity index is 1.83. The van der Waals surface area contributed by atoms with Crippen molar-refractivity contribution in [2.45, 2.75) is 38.3 Å². The lowest BCUT2D eigenvalue weighted by Crippen LogP contribution is -2.41. The number of aryl methyl sites for hydroxylation is 1. The summed E-state index contributed by atoms with van der Waals surface area (Å²) in [6.07, 6.45) is 2.77. The minimum absolute atomic E-state index is 0.470. The van der Waals surface area contributed by atoms with Gasteiger partial charge in [0.25, 0.3) is 0 Å². The number of aliphatic hydroxyl groups is 1. The molecular formula is C20H22N2O. The van der Waals surface area contributed by atoms with E-state index in [4.69, 9.17) is 5.26 Å². The Kier molecular flexibility index (Phi) is 4.64. The zero-order valence-corrected chi connectivity index (χ0v) is 13.4. The van der Waals surface area contributed by atoms with Crippen molar-refractivity contribution in [3.8, 4) is 6.07 Å². The van der Waals surface area contributed by atoms with Crippen molar-refractivity contribution in [1.29, 1.82) is 5.26 Å². The second-order valence-corrected chi connectivity index (χ2v) is 6.13. The van der Waals surface area contributed by atoms with Crippen LogP contribution < -0.4 is 4.90 Å². The molecule has 0 spiro atoms. The Morgan fingerprint density at radius 1 is 1.22 bits per heavy atom. The van der Waals surface area contributed by atoms with Gasteiger partial charge in [0.05, 0.1) is 17.7 Å². The van der Waals surface area contributed by atoms with E-state index in [2.05, 4.69) is 42.2 Å². The summed E-state index contributed by atoms with van der Waals surface area (Å²) in [5.74, 6) is 0. The molecule has 0 aliphatic carbocycles. The van der Waals surface area contributed by atoms with Crippen LogP contribution in [0, 0.1) is 11.3 Å². The van der Waals surface area contributed by atoms with E-state index in [1.54, 1.807) is 12.1 Å². The summed E-state index contributed by atoms with van der Waals surface area (Å²) < 4.78 is 0. The number of anilines is 1. The third-order valence-corrected chi connectivity index (χ3v) is 4.75. The Labute approximate surface area is 137 Å². The fourth-order valence-corrected chi connectivity index (χ4v) is 3.42. The molecule has 2 aromatic carbocycles. The van der Waals surface area contributed by atoms with Gasteiger partial charge in [0.15, 0.2) is 0 Å². The molecule has 118 valence electrons. The summed E-state index contributed by atoms with van der Waals surface area (Å²) in [4.78, 5) is 2.35. The molecule has 3 nitrogen and oxygen atoms in total. The summed E-state index contributed by atoms with van der Waals surface area (Å²) in [5.41, 5.74) is 4.10. The van der Waals surface area contributed by atoms with Crippen LogP contribution >= 0.6 is 0 Å². The van der Waals surface area contributed by atoms with Crippen molar-refractivity contribution in [2.75, 3.05) is 11.4 Å². The van der Waals surface area contributed by atoms with E-state index in [1.165, 1.54) is 11.3 Å². The lowest BCUT2D eigenvalue weighted by Gasteiger charge is -2.39. The van der Waals surface area contributed by atoms with E-state index in [0.717, 1.165) is 24.8 Å². The molecule has 1 N–H and O–H groups in total. The van der Waals surface area contributed by atoms with Crippen LogP contribution in [0.5, 0.6) is 0 Å². The van der Waals surface area contributed by atoms with Gasteiger partial charge in [0, 0.05) is 18.3 Å². The second kappa shape index (κ2) is 6.85. The first-order valence-corrected chi connectivity index (χ1v) is 8.25. The number of aliphatic hydroxyl groups excluding tert-OH is 1. The molecule has 0 amide bonds. The predicted octanol–water partition coefficient (Wildman–Crippen LogP) is 3.82. The van der Waals surface area contributed by atoms with Crippen molar-refractivity contribution in [1.82, 2.24) is 0 Å². The van der Waals surface area contributed by atoms with Gasteiger partial charge in [0.1, 0.15) is 0 Å². The SMILES string of the molecule is CC[C@@H]1CCc2ccccc2N1C[C@@H](O)c1ccc(C#N)cc1. The summed E-state index contributed by atoms with van der Waals surface area (Å²) in [6, 6.07) is 18.3. The number of nitrogens with zero attached hydrogens (tertiary/aromatic N) is 2. The molecule has 23 heavy (non-hydrogen) atoms. The van der Waals surface area contributed by atoms with Crippen LogP contribution in [-0.4, -0.2) is 17.7 Å². The van der Waals surface area contributed by atoms with Crippen molar-refractivity contribution in [3.05, 3.63) is 65.2 Å². The number of benzene rings is 2. The molecule has 0 radical (unpaired) electrons. The number of fused-ring (bicyclic) bond motifs is 1. The van der Waals surface area contributed by atoms with E-state index in [1.807, 2.05) is 12.1 Å². The average molecular weight is 306 g/mol. The molecule has 0 unspecified atom stereocenters. The van der Waals surface area contributed by atoms with Crippen LogP contribution in [0.15, 0.2) is 48.5 Å². The highest BCUT2D eigenvalue weighted by Gasteiger charge is 2.26. The highest BCUT2D eigenvalue weighted by atomic mass is 16.3. The fraction of sp³-hybridized carbons (Fsp3) is 0.350. The van der Waals surface area contributed by atoms with Gasteiger partial charge in [0.2, 0.25) is 0 Å². The maximum absolute atomic E-state index is 10.7. The first-order chi connectivity index (χ1) is 11.2. The van der Waals surface area contributed by atoms with E-state index in [-0.39, 0.29) is 0 Å². The average Bonchev–Trinajstić information content (AvgIpc) is 2.62. The molecule has 0 fully saturated rings. The maximum atomic E-state index is 10.7. The van der Waals surface area contributed by atoms with Gasteiger partial charge in [-0.3, -0.25) is 0 Å². The molecule has 0 saturated carbocycles. The Hall–Kier alpha value is -2.31. The number of β-amino-alcohol motifs (C(OH)–C–C–N with tert-alkyl or cyclic N) is 1. The zero-order valence-electron chi connectivity index (χ0n) is 13.4. The standard InChI is InChI=1S/C20H22N2O/c1-2-18-12-11-16-5-3-4-6-19(16)22(18)14-20(23)17-9-7-15(13-21)8-10-17/h3-10,18,20,23H,2,11-12,14H2,1H3/t18-,20-/m1/s1. The molecule has 0 aromatic heterocycles. The molecule has 1 aliphatic rings. The largest absolute Gasteiger partial charge is 0.387 e. The van der Waals surface area contributed by atoms with E-state index in [9.17, 15) is 5.11 Å². The Bertz CT molecular complexity index is 702. The van der Waals surface area contributed by atoms with E-state index >= 15 is 0 Å². The minimum atomic E-state index is -0.553. The molecule has 0 bridgehead atoms. The summed E-state index contributed by atoms with van der Waals surface area (Å²) in [7, 11) is 0. The number of para-hydroxylation sites is 1. The summed E-state index contributed by atoms with van der Waals surface area (Å²) >= 11 is 0. The molecule has 3 rings (SSSR count). The fourth-order valence-electron chi connectivity index (χ4n) is 3.42. The summed E-state index contributed by atoms with van der Waals surface area (Å²) in [5, 5.41) is 19.5. The van der Waals surface area contributed by atoms with Crippen LogP contribution in [0.4, 0.5) is 5.69 Å². The number of hydrogen-bond acceptors (Lipinski definition) is 3. The Morgan fingerprint density at radius 2 is 1.96 bits per heavy atom. The van der Waals surface area contributed by atoms with Crippen LogP contribution in [0.1, 0.15) is 42.6 Å². The maximum Gasteiger partial charge on any atom is 0.0991 e. The van der Waals surface area contributed by atoms with Crippen molar-refractivity contribution in [3.63, 3.8) is 0 Å². The van der Waals surface area contributed by atoms with Gasteiger partial charge in [-0.1, -0.05) is 37.3 Å². The van der Waals surface area contributed by atoms with Gasteiger partial charge in [-0.15, -0.1) is 0 Å². The van der Waals surface area contributed by atoms with E-state index < -0.39 is 6.10 Å².